The van der Waals surface area contributed by atoms with Crippen molar-refractivity contribution in [3.8, 4) is 11.3 Å². The number of nitrogens with zero attached hydrogens (tertiary/aromatic N) is 3. The largest absolute Gasteiger partial charge is 0.316 e. The van der Waals surface area contributed by atoms with Gasteiger partial charge >= 0.3 is 5.69 Å². The normalized spacial score (nSPS) is 10.5. The molecule has 0 saturated heterocycles. The second-order valence-electron chi connectivity index (χ2n) is 3.66. The molecule has 0 radical (unpaired) electrons. The van der Waals surface area contributed by atoms with Crippen LogP contribution in [0.1, 0.15) is 5.69 Å². The van der Waals surface area contributed by atoms with Crippen LogP contribution in [0.2, 0.25) is 5.28 Å². The first-order chi connectivity index (χ1) is 8.90. The van der Waals surface area contributed by atoms with E-state index in [0.29, 0.717) is 0 Å². The van der Waals surface area contributed by atoms with Gasteiger partial charge in [-0.3, -0.25) is 10.1 Å². The molecule has 0 saturated carbocycles. The summed E-state index contributed by atoms with van der Waals surface area (Å²) < 4.78 is 26.8. The van der Waals surface area contributed by atoms with E-state index in [9.17, 15) is 18.9 Å². The van der Waals surface area contributed by atoms with Gasteiger partial charge in [-0.15, -0.1) is 0 Å². The molecule has 0 aliphatic heterocycles. The fraction of sp³-hybridized carbons (Fsp3) is 0.0909. The number of aryl methyl sites for hydroxylation is 1. The molecule has 2 aromatic rings. The van der Waals surface area contributed by atoms with Crippen molar-refractivity contribution in [2.45, 2.75) is 6.92 Å². The Labute approximate surface area is 111 Å². The van der Waals surface area contributed by atoms with Crippen LogP contribution in [0.15, 0.2) is 18.2 Å². The van der Waals surface area contributed by atoms with Gasteiger partial charge in [0, 0.05) is 5.56 Å². The standard InChI is InChI=1S/C11H6ClF2N3O2/c1-5-10(17(18)19)9(16-11(12)15-5)7-4-6(13)2-3-8(7)14/h2-4H,1H3. The number of aromatic nitrogens is 2. The van der Waals surface area contributed by atoms with Gasteiger partial charge in [0.2, 0.25) is 5.28 Å². The van der Waals surface area contributed by atoms with E-state index in [2.05, 4.69) is 9.97 Å². The Morgan fingerprint density at radius 2 is 2.00 bits per heavy atom. The lowest BCUT2D eigenvalue weighted by atomic mass is 10.1. The molecule has 1 aromatic carbocycles. The van der Waals surface area contributed by atoms with E-state index in [1.54, 1.807) is 0 Å². The van der Waals surface area contributed by atoms with E-state index < -0.39 is 22.2 Å². The molecule has 0 spiro atoms. The highest BCUT2D eigenvalue weighted by atomic mass is 35.5. The number of hydrogen-bond donors (Lipinski definition) is 0. The molecule has 19 heavy (non-hydrogen) atoms. The van der Waals surface area contributed by atoms with E-state index in [1.807, 2.05) is 0 Å². The second-order valence-corrected chi connectivity index (χ2v) is 3.99. The zero-order valence-corrected chi connectivity index (χ0v) is 10.3. The Morgan fingerprint density at radius 1 is 1.32 bits per heavy atom. The maximum atomic E-state index is 13.7. The Bertz CT molecular complexity index is 679. The molecule has 98 valence electrons. The summed E-state index contributed by atoms with van der Waals surface area (Å²) in [4.78, 5) is 17.5. The zero-order valence-electron chi connectivity index (χ0n) is 9.52. The van der Waals surface area contributed by atoms with Crippen LogP contribution in [-0.2, 0) is 0 Å². The highest BCUT2D eigenvalue weighted by Crippen LogP contribution is 2.32. The van der Waals surface area contributed by atoms with Crippen molar-refractivity contribution < 1.29 is 13.7 Å². The molecule has 0 fully saturated rings. The summed E-state index contributed by atoms with van der Waals surface area (Å²) >= 11 is 5.61. The van der Waals surface area contributed by atoms with Crippen molar-refractivity contribution in [1.29, 1.82) is 0 Å². The molecule has 0 aliphatic carbocycles. The van der Waals surface area contributed by atoms with Gasteiger partial charge in [0.25, 0.3) is 0 Å². The van der Waals surface area contributed by atoms with E-state index in [-0.39, 0.29) is 22.2 Å². The van der Waals surface area contributed by atoms with E-state index in [4.69, 9.17) is 11.6 Å². The van der Waals surface area contributed by atoms with E-state index >= 15 is 0 Å². The first-order valence-corrected chi connectivity index (χ1v) is 5.42. The van der Waals surface area contributed by atoms with Crippen molar-refractivity contribution in [3.05, 3.63) is 50.9 Å². The average molecular weight is 286 g/mol. The second kappa shape index (κ2) is 4.85. The van der Waals surface area contributed by atoms with Crippen molar-refractivity contribution >= 4 is 17.3 Å². The van der Waals surface area contributed by atoms with E-state index in [1.165, 1.54) is 6.92 Å². The Kier molecular flexibility index (Phi) is 3.39. The number of nitro groups is 1. The summed E-state index contributed by atoms with van der Waals surface area (Å²) in [7, 11) is 0. The molecule has 0 aliphatic rings. The number of halogens is 3. The first-order valence-electron chi connectivity index (χ1n) is 5.04. The van der Waals surface area contributed by atoms with Crippen LogP contribution in [0.4, 0.5) is 14.5 Å². The van der Waals surface area contributed by atoms with Gasteiger partial charge in [-0.05, 0) is 36.7 Å². The van der Waals surface area contributed by atoms with Crippen LogP contribution in [0, 0.1) is 28.7 Å². The zero-order chi connectivity index (χ0) is 14.2. The van der Waals surface area contributed by atoms with Gasteiger partial charge in [-0.2, -0.15) is 0 Å². The SMILES string of the molecule is Cc1nc(Cl)nc(-c2cc(F)ccc2F)c1[N+](=O)[O-]. The minimum absolute atomic E-state index is 0.0244. The lowest BCUT2D eigenvalue weighted by molar-refractivity contribution is -0.385. The van der Waals surface area contributed by atoms with Gasteiger partial charge in [-0.1, -0.05) is 0 Å². The smallest absolute Gasteiger partial charge is 0.258 e. The molecule has 2 rings (SSSR count). The molecule has 0 amide bonds. The van der Waals surface area contributed by atoms with Crippen LogP contribution >= 0.6 is 11.6 Å². The number of benzene rings is 1. The molecule has 1 heterocycles. The van der Waals surface area contributed by atoms with Crippen LogP contribution in [-0.4, -0.2) is 14.9 Å². The summed E-state index contributed by atoms with van der Waals surface area (Å²) in [5.74, 6) is -1.57. The monoisotopic (exact) mass is 285 g/mol. The van der Waals surface area contributed by atoms with Crippen LogP contribution in [0.3, 0.4) is 0 Å². The van der Waals surface area contributed by atoms with Gasteiger partial charge < -0.3 is 0 Å². The van der Waals surface area contributed by atoms with Crippen molar-refractivity contribution in [1.82, 2.24) is 9.97 Å². The lowest BCUT2D eigenvalue weighted by Gasteiger charge is -2.06. The minimum atomic E-state index is -0.835. The maximum Gasteiger partial charge on any atom is 0.316 e. The predicted octanol–water partition coefficient (Wildman–Crippen LogP) is 3.29. The number of rotatable bonds is 2. The highest BCUT2D eigenvalue weighted by molar-refractivity contribution is 6.28. The minimum Gasteiger partial charge on any atom is -0.258 e. The van der Waals surface area contributed by atoms with Gasteiger partial charge in [0.1, 0.15) is 17.3 Å². The highest BCUT2D eigenvalue weighted by Gasteiger charge is 2.25. The molecule has 0 bridgehead atoms. The Hall–Kier alpha value is -2.15. The molecule has 0 unspecified atom stereocenters. The van der Waals surface area contributed by atoms with Crippen molar-refractivity contribution in [2.75, 3.05) is 0 Å². The third-order valence-electron chi connectivity index (χ3n) is 2.40. The summed E-state index contributed by atoms with van der Waals surface area (Å²) in [5.41, 5.74) is -1.21. The summed E-state index contributed by atoms with van der Waals surface area (Å²) in [6.07, 6.45) is 0. The van der Waals surface area contributed by atoms with Gasteiger partial charge in [0.05, 0.1) is 4.92 Å². The molecular weight excluding hydrogens is 280 g/mol. The average Bonchev–Trinajstić information content (AvgIpc) is 2.30. The molecule has 0 N–H and O–H groups in total. The lowest BCUT2D eigenvalue weighted by Crippen LogP contribution is -2.02. The summed E-state index contributed by atoms with van der Waals surface area (Å²) in [6, 6.07) is 2.58. The van der Waals surface area contributed by atoms with Crippen LogP contribution in [0.5, 0.6) is 0 Å². The molecule has 8 heteroatoms. The summed E-state index contributed by atoms with van der Waals surface area (Å²) in [6.45, 7) is 1.34. The quantitative estimate of drug-likeness (QED) is 0.482. The fourth-order valence-corrected chi connectivity index (χ4v) is 1.83. The van der Waals surface area contributed by atoms with E-state index in [0.717, 1.165) is 18.2 Å². The Morgan fingerprint density at radius 3 is 2.63 bits per heavy atom. The van der Waals surface area contributed by atoms with Crippen molar-refractivity contribution in [2.24, 2.45) is 0 Å². The first kappa shape index (κ1) is 13.3. The van der Waals surface area contributed by atoms with Crippen molar-refractivity contribution in [3.63, 3.8) is 0 Å². The van der Waals surface area contributed by atoms with Gasteiger partial charge in [0.15, 0.2) is 5.69 Å². The molecule has 1 aromatic heterocycles. The molecule has 0 atom stereocenters. The van der Waals surface area contributed by atoms with Gasteiger partial charge in [-0.25, -0.2) is 18.7 Å². The topological polar surface area (TPSA) is 68.9 Å². The van der Waals surface area contributed by atoms with Crippen LogP contribution in [0.25, 0.3) is 11.3 Å². The third-order valence-corrected chi connectivity index (χ3v) is 2.57. The fourth-order valence-electron chi connectivity index (χ4n) is 1.62. The summed E-state index contributed by atoms with van der Waals surface area (Å²) in [5, 5.41) is 10.7. The predicted molar refractivity (Wildman–Crippen MR) is 63.8 cm³/mol. The Balaban J connectivity index is 2.81. The number of hydrogen-bond acceptors (Lipinski definition) is 4. The third kappa shape index (κ3) is 2.50. The molecular formula is C11H6ClF2N3O2. The maximum absolute atomic E-state index is 13.7. The van der Waals surface area contributed by atoms with Crippen LogP contribution < -0.4 is 0 Å². The molecule has 5 nitrogen and oxygen atoms in total.